The summed E-state index contributed by atoms with van der Waals surface area (Å²) in [6.07, 6.45) is 2.95. The van der Waals surface area contributed by atoms with Crippen LogP contribution in [0, 0.1) is 6.92 Å². The van der Waals surface area contributed by atoms with Crippen molar-refractivity contribution in [2.45, 2.75) is 6.92 Å². The van der Waals surface area contributed by atoms with Crippen molar-refractivity contribution in [2.24, 2.45) is 5.73 Å². The predicted molar refractivity (Wildman–Crippen MR) is 105 cm³/mol. The van der Waals surface area contributed by atoms with E-state index in [4.69, 9.17) is 10.2 Å². The molecule has 28 heavy (non-hydrogen) atoms. The molecular weight excluding hydrogens is 378 g/mol. The van der Waals surface area contributed by atoms with Crippen molar-refractivity contribution in [1.82, 2.24) is 14.8 Å². The van der Waals surface area contributed by atoms with Crippen LogP contribution in [0.3, 0.4) is 0 Å². The number of carbonyl (C=O) groups excluding carboxylic acids is 2. The van der Waals surface area contributed by atoms with Gasteiger partial charge in [0.25, 0.3) is 11.8 Å². The van der Waals surface area contributed by atoms with E-state index in [1.807, 2.05) is 37.3 Å². The molecule has 140 valence electrons. The fourth-order valence-electron chi connectivity index (χ4n) is 2.61. The van der Waals surface area contributed by atoms with E-state index in [2.05, 4.69) is 15.4 Å². The number of nitrogens with zero attached hydrogens (tertiary/aromatic N) is 3. The Labute approximate surface area is 163 Å². The molecule has 0 unspecified atom stereocenters. The average molecular weight is 393 g/mol. The zero-order valence-electron chi connectivity index (χ0n) is 14.7. The molecule has 8 nitrogen and oxygen atoms in total. The number of para-hydroxylation sites is 1. The predicted octanol–water partition coefficient (Wildman–Crippen LogP) is 3.25. The summed E-state index contributed by atoms with van der Waals surface area (Å²) in [5.41, 5.74) is 6.75. The van der Waals surface area contributed by atoms with Crippen LogP contribution in [0.4, 0.5) is 5.13 Å². The number of aryl methyl sites for hydroxylation is 1. The number of hydrogen-bond acceptors (Lipinski definition) is 6. The number of amides is 2. The van der Waals surface area contributed by atoms with Crippen molar-refractivity contribution in [3.63, 3.8) is 0 Å². The molecule has 3 heterocycles. The average Bonchev–Trinajstić information content (AvgIpc) is 3.41. The molecule has 3 N–H and O–H groups in total. The van der Waals surface area contributed by atoms with Crippen LogP contribution in [0.1, 0.15) is 25.8 Å². The third-order valence-electron chi connectivity index (χ3n) is 3.92. The van der Waals surface area contributed by atoms with Crippen LogP contribution >= 0.6 is 11.3 Å². The maximum Gasteiger partial charge on any atom is 0.261 e. The van der Waals surface area contributed by atoms with E-state index in [9.17, 15) is 9.59 Å². The molecule has 3 aromatic heterocycles. The lowest BCUT2D eigenvalue weighted by Crippen LogP contribution is -2.12. The highest BCUT2D eigenvalue weighted by molar-refractivity contribution is 7.17. The maximum atomic E-state index is 12.9. The van der Waals surface area contributed by atoms with Gasteiger partial charge in [-0.05, 0) is 31.2 Å². The Morgan fingerprint density at radius 3 is 2.61 bits per heavy atom. The Bertz CT molecular complexity index is 1160. The van der Waals surface area contributed by atoms with Gasteiger partial charge in [0, 0.05) is 6.20 Å². The third-order valence-corrected chi connectivity index (χ3v) is 4.85. The van der Waals surface area contributed by atoms with Crippen LogP contribution in [-0.2, 0) is 0 Å². The van der Waals surface area contributed by atoms with Crippen LogP contribution in [0.5, 0.6) is 0 Å². The van der Waals surface area contributed by atoms with E-state index in [-0.39, 0.29) is 10.0 Å². The van der Waals surface area contributed by atoms with Crippen molar-refractivity contribution in [3.05, 3.63) is 71.1 Å². The first kappa shape index (κ1) is 17.7. The lowest BCUT2D eigenvalue weighted by Gasteiger charge is -2.00. The zero-order chi connectivity index (χ0) is 19.7. The Kier molecular flexibility index (Phi) is 4.50. The minimum atomic E-state index is -0.596. The Morgan fingerprint density at radius 1 is 1.18 bits per heavy atom. The van der Waals surface area contributed by atoms with Gasteiger partial charge in [0.05, 0.1) is 17.4 Å². The molecule has 0 saturated carbocycles. The Morgan fingerprint density at radius 2 is 1.96 bits per heavy atom. The van der Waals surface area contributed by atoms with E-state index in [0.717, 1.165) is 17.0 Å². The van der Waals surface area contributed by atoms with Crippen molar-refractivity contribution in [2.75, 3.05) is 5.32 Å². The number of thiazole rings is 1. The molecule has 0 aliphatic heterocycles. The summed E-state index contributed by atoms with van der Waals surface area (Å²) in [5, 5.41) is 7.48. The molecule has 0 saturated heterocycles. The smallest absolute Gasteiger partial charge is 0.261 e. The molecule has 4 rings (SSSR count). The molecular formula is C19H15N5O3S. The second kappa shape index (κ2) is 7.12. The number of nitrogens with one attached hydrogen (secondary N) is 1. The number of aromatic nitrogens is 3. The van der Waals surface area contributed by atoms with Gasteiger partial charge in [-0.2, -0.15) is 5.10 Å². The van der Waals surface area contributed by atoms with E-state index in [1.54, 1.807) is 23.0 Å². The highest BCUT2D eigenvalue weighted by Gasteiger charge is 2.22. The van der Waals surface area contributed by atoms with Crippen molar-refractivity contribution in [3.8, 4) is 17.1 Å². The van der Waals surface area contributed by atoms with Gasteiger partial charge < -0.3 is 10.2 Å². The van der Waals surface area contributed by atoms with E-state index >= 15 is 0 Å². The monoisotopic (exact) mass is 393 g/mol. The molecule has 1 aromatic carbocycles. The molecule has 0 atom stereocenters. The van der Waals surface area contributed by atoms with Gasteiger partial charge in [-0.15, -0.1) is 0 Å². The van der Waals surface area contributed by atoms with Crippen LogP contribution < -0.4 is 11.1 Å². The second-order valence-corrected chi connectivity index (χ2v) is 6.96. The van der Waals surface area contributed by atoms with Crippen LogP contribution in [0.2, 0.25) is 0 Å². The first-order chi connectivity index (χ1) is 13.5. The van der Waals surface area contributed by atoms with Crippen LogP contribution in [0.25, 0.3) is 17.1 Å². The van der Waals surface area contributed by atoms with Gasteiger partial charge in [0.1, 0.15) is 16.3 Å². The lowest BCUT2D eigenvalue weighted by molar-refractivity contribution is 0.100. The van der Waals surface area contributed by atoms with Gasteiger partial charge in [-0.25, -0.2) is 9.67 Å². The number of anilines is 1. The number of hydrogen-bond donors (Lipinski definition) is 2. The van der Waals surface area contributed by atoms with Crippen LogP contribution in [0.15, 0.2) is 59.3 Å². The molecule has 0 aliphatic rings. The normalized spacial score (nSPS) is 10.8. The fraction of sp³-hybridized carbons (Fsp3) is 0.0526. The number of furan rings is 1. The molecule has 0 bridgehead atoms. The highest BCUT2D eigenvalue weighted by atomic mass is 32.1. The summed E-state index contributed by atoms with van der Waals surface area (Å²) < 4.78 is 7.28. The molecule has 2 amide bonds. The van der Waals surface area contributed by atoms with Gasteiger partial charge in [-0.1, -0.05) is 29.5 Å². The van der Waals surface area contributed by atoms with Gasteiger partial charge in [0.2, 0.25) is 0 Å². The second-order valence-electron chi connectivity index (χ2n) is 5.93. The lowest BCUT2D eigenvalue weighted by atomic mass is 10.2. The minimum Gasteiger partial charge on any atom is -0.460 e. The number of carbonyl (C=O) groups is 2. The molecule has 0 fully saturated rings. The van der Waals surface area contributed by atoms with Crippen molar-refractivity contribution >= 4 is 28.3 Å². The largest absolute Gasteiger partial charge is 0.460 e. The zero-order valence-corrected chi connectivity index (χ0v) is 15.6. The third kappa shape index (κ3) is 3.42. The summed E-state index contributed by atoms with van der Waals surface area (Å²) in [5.74, 6) is 0.175. The van der Waals surface area contributed by atoms with Gasteiger partial charge in [0.15, 0.2) is 10.9 Å². The molecule has 4 aromatic rings. The van der Waals surface area contributed by atoms with E-state index in [0.29, 0.717) is 22.8 Å². The number of nitrogens with two attached hydrogens (primary N) is 1. The SMILES string of the molecule is Cc1ccc(-c2nn(-c3ccccc3)cc2C(=O)Nc2ncc(C(N)=O)s2)o1. The summed E-state index contributed by atoms with van der Waals surface area (Å²) in [6.45, 7) is 1.82. The Hall–Kier alpha value is -3.72. The molecule has 0 aliphatic carbocycles. The first-order valence-electron chi connectivity index (χ1n) is 8.30. The standard InChI is InChI=1S/C19H15N5O3S/c1-11-7-8-14(27-11)16-13(10-24(23-16)12-5-3-2-4-6-12)18(26)22-19-21-9-15(28-19)17(20)25/h2-10H,1H3,(H2,20,25)(H,21,22,26). The topological polar surface area (TPSA) is 116 Å². The summed E-state index contributed by atoms with van der Waals surface area (Å²) in [4.78, 5) is 28.4. The summed E-state index contributed by atoms with van der Waals surface area (Å²) >= 11 is 1.00. The summed E-state index contributed by atoms with van der Waals surface area (Å²) in [6, 6.07) is 13.0. The van der Waals surface area contributed by atoms with Crippen molar-refractivity contribution in [1.29, 1.82) is 0 Å². The van der Waals surface area contributed by atoms with Gasteiger partial charge >= 0.3 is 0 Å². The quantitative estimate of drug-likeness (QED) is 0.540. The highest BCUT2D eigenvalue weighted by Crippen LogP contribution is 2.27. The molecule has 0 radical (unpaired) electrons. The van der Waals surface area contributed by atoms with Crippen LogP contribution in [-0.4, -0.2) is 26.6 Å². The number of primary amides is 1. The first-order valence-corrected chi connectivity index (χ1v) is 9.12. The van der Waals surface area contributed by atoms with E-state index in [1.165, 1.54) is 6.20 Å². The van der Waals surface area contributed by atoms with Gasteiger partial charge in [-0.3, -0.25) is 14.9 Å². The summed E-state index contributed by atoms with van der Waals surface area (Å²) in [7, 11) is 0. The van der Waals surface area contributed by atoms with E-state index < -0.39 is 11.8 Å². The minimum absolute atomic E-state index is 0.261. The molecule has 0 spiro atoms. The Balaban J connectivity index is 1.72. The molecule has 9 heteroatoms. The number of benzene rings is 1. The fourth-order valence-corrected chi connectivity index (χ4v) is 3.27. The number of rotatable bonds is 5. The maximum absolute atomic E-state index is 12.9. The van der Waals surface area contributed by atoms with Crippen molar-refractivity contribution < 1.29 is 14.0 Å².